The van der Waals surface area contributed by atoms with Crippen molar-refractivity contribution in [2.75, 3.05) is 7.11 Å². The maximum atomic E-state index is 13.0. The molecule has 0 spiro atoms. The van der Waals surface area contributed by atoms with Gasteiger partial charge in [-0.05, 0) is 35.1 Å². The van der Waals surface area contributed by atoms with Gasteiger partial charge >= 0.3 is 0 Å². The quantitative estimate of drug-likeness (QED) is 0.794. The molecule has 1 aliphatic heterocycles. The summed E-state index contributed by atoms with van der Waals surface area (Å²) in [6.45, 7) is 4.56. The van der Waals surface area contributed by atoms with Crippen LogP contribution in [0.1, 0.15) is 50.2 Å². The van der Waals surface area contributed by atoms with Crippen LogP contribution in [0.3, 0.4) is 0 Å². The largest absolute Gasteiger partial charge is 0.493 e. The number of ether oxygens (including phenoxy) is 2. The number of amides is 1. The summed E-state index contributed by atoms with van der Waals surface area (Å²) in [6, 6.07) is 15.6. The molecule has 0 aromatic heterocycles. The van der Waals surface area contributed by atoms with Gasteiger partial charge in [-0.1, -0.05) is 50.2 Å². The van der Waals surface area contributed by atoms with Crippen molar-refractivity contribution in [2.45, 2.75) is 45.6 Å². The highest BCUT2D eigenvalue weighted by molar-refractivity contribution is 6.02. The Hall–Kier alpha value is -3.08. The number of ketones is 1. The highest BCUT2D eigenvalue weighted by Gasteiger charge is 2.40. The Balaban J connectivity index is 1.63. The molecule has 30 heavy (non-hydrogen) atoms. The lowest BCUT2D eigenvalue weighted by atomic mass is 9.70. The Morgan fingerprint density at radius 3 is 2.53 bits per heavy atom. The summed E-state index contributed by atoms with van der Waals surface area (Å²) in [5.41, 5.74) is 3.35. The molecule has 1 unspecified atom stereocenters. The van der Waals surface area contributed by atoms with Gasteiger partial charge in [0.15, 0.2) is 17.3 Å². The molecular weight excluding hydrogens is 378 g/mol. The molecule has 5 heteroatoms. The molecule has 1 amide bonds. The van der Waals surface area contributed by atoms with E-state index in [0.29, 0.717) is 30.9 Å². The molecule has 0 fully saturated rings. The van der Waals surface area contributed by atoms with Crippen LogP contribution in [0, 0.1) is 5.41 Å². The smallest absolute Gasteiger partial charge is 0.225 e. The molecule has 2 aliphatic rings. The van der Waals surface area contributed by atoms with Gasteiger partial charge in [0.2, 0.25) is 5.91 Å². The molecule has 1 atom stereocenters. The molecule has 0 radical (unpaired) electrons. The Bertz CT molecular complexity index is 1010. The maximum Gasteiger partial charge on any atom is 0.225 e. The highest BCUT2D eigenvalue weighted by Crippen LogP contribution is 2.45. The molecule has 0 saturated carbocycles. The minimum atomic E-state index is -0.255. The third-order valence-electron chi connectivity index (χ3n) is 5.78. The third kappa shape index (κ3) is 4.11. The van der Waals surface area contributed by atoms with Gasteiger partial charge in [-0.2, -0.15) is 0 Å². The van der Waals surface area contributed by atoms with E-state index in [-0.39, 0.29) is 29.4 Å². The van der Waals surface area contributed by atoms with Crippen molar-refractivity contribution in [2.24, 2.45) is 5.41 Å². The standard InChI is InChI=1S/C25H27NO4/c1-25(2)13-19-24(20(27)14-25)18(12-23(28)26-19)17-9-10-21(22(11-17)29-3)30-15-16-7-5-4-6-8-16/h4-11,18H,12-15H2,1-3H3,(H,26,28). The topological polar surface area (TPSA) is 64.6 Å². The lowest BCUT2D eigenvalue weighted by Gasteiger charge is -2.37. The predicted octanol–water partition coefficient (Wildman–Crippen LogP) is 4.52. The fraction of sp³-hybridized carbons (Fsp3) is 0.360. The molecule has 1 aliphatic carbocycles. The van der Waals surface area contributed by atoms with Gasteiger partial charge in [0, 0.05) is 30.0 Å². The van der Waals surface area contributed by atoms with E-state index in [4.69, 9.17) is 9.47 Å². The number of carbonyl (C=O) groups is 2. The minimum absolute atomic E-state index is 0.0485. The number of methoxy groups -OCH3 is 1. The van der Waals surface area contributed by atoms with E-state index in [9.17, 15) is 9.59 Å². The summed E-state index contributed by atoms with van der Waals surface area (Å²) in [6.07, 6.45) is 1.46. The monoisotopic (exact) mass is 405 g/mol. The van der Waals surface area contributed by atoms with Crippen LogP contribution in [-0.4, -0.2) is 18.8 Å². The van der Waals surface area contributed by atoms with Crippen molar-refractivity contribution in [1.29, 1.82) is 0 Å². The number of hydrogen-bond donors (Lipinski definition) is 1. The van der Waals surface area contributed by atoms with E-state index in [2.05, 4.69) is 19.2 Å². The zero-order chi connectivity index (χ0) is 21.3. The summed E-state index contributed by atoms with van der Waals surface area (Å²) >= 11 is 0. The van der Waals surface area contributed by atoms with E-state index in [1.807, 2.05) is 48.5 Å². The predicted molar refractivity (Wildman–Crippen MR) is 114 cm³/mol. The number of carbonyl (C=O) groups excluding carboxylic acids is 2. The van der Waals surface area contributed by atoms with Crippen molar-refractivity contribution in [3.05, 3.63) is 70.9 Å². The number of Topliss-reactive ketones (excluding diaryl/α,β-unsaturated/α-hetero) is 1. The van der Waals surface area contributed by atoms with E-state index in [0.717, 1.165) is 22.4 Å². The first-order chi connectivity index (χ1) is 14.4. The second-order valence-electron chi connectivity index (χ2n) is 8.82. The maximum absolute atomic E-state index is 13.0. The summed E-state index contributed by atoms with van der Waals surface area (Å²) in [5.74, 6) is 1.05. The van der Waals surface area contributed by atoms with Gasteiger partial charge in [-0.3, -0.25) is 9.59 Å². The van der Waals surface area contributed by atoms with Crippen LogP contribution in [0.15, 0.2) is 59.8 Å². The van der Waals surface area contributed by atoms with Crippen LogP contribution in [0.25, 0.3) is 0 Å². The van der Waals surface area contributed by atoms with Crippen molar-refractivity contribution < 1.29 is 19.1 Å². The first-order valence-electron chi connectivity index (χ1n) is 10.3. The van der Waals surface area contributed by atoms with E-state index < -0.39 is 0 Å². The summed E-state index contributed by atoms with van der Waals surface area (Å²) in [4.78, 5) is 25.3. The zero-order valence-electron chi connectivity index (χ0n) is 17.7. The second-order valence-corrected chi connectivity index (χ2v) is 8.82. The van der Waals surface area contributed by atoms with Crippen molar-refractivity contribution in [3.8, 4) is 11.5 Å². The van der Waals surface area contributed by atoms with Crippen molar-refractivity contribution >= 4 is 11.7 Å². The van der Waals surface area contributed by atoms with Crippen LogP contribution in [-0.2, 0) is 16.2 Å². The first-order valence-corrected chi connectivity index (χ1v) is 10.3. The first kappa shape index (κ1) is 20.2. The van der Waals surface area contributed by atoms with Gasteiger partial charge < -0.3 is 14.8 Å². The molecule has 5 nitrogen and oxygen atoms in total. The molecule has 2 aromatic rings. The lowest BCUT2D eigenvalue weighted by Crippen LogP contribution is -2.40. The molecule has 0 bridgehead atoms. The minimum Gasteiger partial charge on any atom is -0.493 e. The van der Waals surface area contributed by atoms with E-state index in [1.165, 1.54) is 0 Å². The SMILES string of the molecule is COc1cc(C2CC(=O)NC3=C2C(=O)CC(C)(C)C3)ccc1OCc1ccccc1. The number of hydrogen-bond acceptors (Lipinski definition) is 4. The molecule has 0 saturated heterocycles. The number of rotatable bonds is 5. The summed E-state index contributed by atoms with van der Waals surface area (Å²) in [7, 11) is 1.60. The molecule has 156 valence electrons. The van der Waals surface area contributed by atoms with Crippen molar-refractivity contribution in [1.82, 2.24) is 5.32 Å². The second kappa shape index (κ2) is 7.98. The van der Waals surface area contributed by atoms with Gasteiger partial charge in [0.1, 0.15) is 6.61 Å². The Labute approximate surface area is 177 Å². The average molecular weight is 405 g/mol. The van der Waals surface area contributed by atoms with E-state index in [1.54, 1.807) is 7.11 Å². The third-order valence-corrected chi connectivity index (χ3v) is 5.78. The summed E-state index contributed by atoms with van der Waals surface area (Å²) in [5, 5.41) is 2.95. The van der Waals surface area contributed by atoms with Gasteiger partial charge in [0.05, 0.1) is 7.11 Å². The lowest BCUT2D eigenvalue weighted by molar-refractivity contribution is -0.122. The van der Waals surface area contributed by atoms with Crippen LogP contribution in [0.2, 0.25) is 0 Å². The van der Waals surface area contributed by atoms with Crippen LogP contribution in [0.4, 0.5) is 0 Å². The fourth-order valence-corrected chi connectivity index (χ4v) is 4.40. The Morgan fingerprint density at radius 1 is 1.03 bits per heavy atom. The Morgan fingerprint density at radius 2 is 1.80 bits per heavy atom. The van der Waals surface area contributed by atoms with Crippen molar-refractivity contribution in [3.63, 3.8) is 0 Å². The number of benzene rings is 2. The zero-order valence-corrected chi connectivity index (χ0v) is 17.7. The number of allylic oxidation sites excluding steroid dienone is 2. The average Bonchev–Trinajstić information content (AvgIpc) is 2.71. The van der Waals surface area contributed by atoms with Gasteiger partial charge in [0.25, 0.3) is 0 Å². The molecule has 4 rings (SSSR count). The normalized spacial score (nSPS) is 20.4. The molecular formula is C25H27NO4. The van der Waals surface area contributed by atoms with E-state index >= 15 is 0 Å². The van der Waals surface area contributed by atoms with Crippen LogP contribution >= 0.6 is 0 Å². The number of nitrogens with one attached hydrogen (secondary N) is 1. The summed E-state index contributed by atoms with van der Waals surface area (Å²) < 4.78 is 11.5. The van der Waals surface area contributed by atoms with Crippen LogP contribution < -0.4 is 14.8 Å². The molecule has 2 aromatic carbocycles. The molecule has 1 N–H and O–H groups in total. The van der Waals surface area contributed by atoms with Gasteiger partial charge in [-0.25, -0.2) is 0 Å². The van der Waals surface area contributed by atoms with Crippen LogP contribution in [0.5, 0.6) is 11.5 Å². The Kier molecular flexibility index (Phi) is 5.37. The molecule has 1 heterocycles. The van der Waals surface area contributed by atoms with Gasteiger partial charge in [-0.15, -0.1) is 0 Å². The fourth-order valence-electron chi connectivity index (χ4n) is 4.40. The highest BCUT2D eigenvalue weighted by atomic mass is 16.5.